The second kappa shape index (κ2) is 9.59. The highest BCUT2D eigenvalue weighted by molar-refractivity contribution is 5.80. The maximum atomic E-state index is 9.02. The number of guanidine groups is 1. The molecule has 3 rings (SSSR count). The van der Waals surface area contributed by atoms with Crippen LogP contribution in [0.15, 0.2) is 29.3 Å². The van der Waals surface area contributed by atoms with Gasteiger partial charge in [-0.1, -0.05) is 31.4 Å². The van der Waals surface area contributed by atoms with E-state index in [9.17, 15) is 0 Å². The molecular formula is C21H31N5. The maximum absolute atomic E-state index is 9.02. The first-order valence-corrected chi connectivity index (χ1v) is 9.99. The molecule has 0 spiro atoms. The second-order valence-corrected chi connectivity index (χ2v) is 7.51. The molecule has 0 amide bonds. The van der Waals surface area contributed by atoms with Gasteiger partial charge in [0.05, 0.1) is 11.6 Å². The minimum Gasteiger partial charge on any atom is -0.352 e. The Labute approximate surface area is 157 Å². The van der Waals surface area contributed by atoms with Crippen molar-refractivity contribution in [2.45, 2.75) is 63.6 Å². The van der Waals surface area contributed by atoms with E-state index in [1.807, 2.05) is 31.3 Å². The molecule has 2 N–H and O–H groups in total. The molecule has 0 bridgehead atoms. The third-order valence-corrected chi connectivity index (χ3v) is 5.62. The number of nitrogens with zero attached hydrogens (tertiary/aromatic N) is 3. The van der Waals surface area contributed by atoms with E-state index in [0.717, 1.165) is 24.1 Å². The largest absolute Gasteiger partial charge is 0.352 e. The third-order valence-electron chi connectivity index (χ3n) is 5.62. The van der Waals surface area contributed by atoms with Crippen LogP contribution in [0.4, 0.5) is 0 Å². The Morgan fingerprint density at radius 3 is 2.85 bits per heavy atom. The number of piperidine rings is 1. The molecule has 1 unspecified atom stereocenters. The zero-order chi connectivity index (χ0) is 18.2. The lowest BCUT2D eigenvalue weighted by Crippen LogP contribution is -2.53. The predicted octanol–water partition coefficient (Wildman–Crippen LogP) is 3.02. The molecule has 140 valence electrons. The lowest BCUT2D eigenvalue weighted by atomic mass is 9.92. The zero-order valence-electron chi connectivity index (χ0n) is 15.9. The summed E-state index contributed by atoms with van der Waals surface area (Å²) < 4.78 is 0. The Bertz CT molecular complexity index is 642. The lowest BCUT2D eigenvalue weighted by Gasteiger charge is -2.40. The fourth-order valence-electron chi connectivity index (χ4n) is 4.23. The van der Waals surface area contributed by atoms with Crippen LogP contribution in [-0.2, 0) is 6.54 Å². The summed E-state index contributed by atoms with van der Waals surface area (Å²) in [5.41, 5.74) is 1.79. The highest BCUT2D eigenvalue weighted by Gasteiger charge is 2.27. The van der Waals surface area contributed by atoms with Crippen molar-refractivity contribution >= 4 is 5.96 Å². The van der Waals surface area contributed by atoms with Crippen LogP contribution >= 0.6 is 0 Å². The molecule has 5 heteroatoms. The molecule has 1 aromatic carbocycles. The average Bonchev–Trinajstić information content (AvgIpc) is 2.72. The van der Waals surface area contributed by atoms with E-state index in [1.165, 1.54) is 51.5 Å². The Balaban J connectivity index is 1.50. The first-order valence-electron chi connectivity index (χ1n) is 9.99. The molecule has 2 aliphatic rings. The minimum atomic E-state index is 0.460. The highest BCUT2D eigenvalue weighted by atomic mass is 15.2. The van der Waals surface area contributed by atoms with E-state index in [2.05, 4.69) is 26.6 Å². The number of hydrogen-bond donors (Lipinski definition) is 2. The van der Waals surface area contributed by atoms with Crippen LogP contribution in [-0.4, -0.2) is 43.1 Å². The number of likely N-dealkylation sites (tertiary alicyclic amines) is 1. The van der Waals surface area contributed by atoms with Gasteiger partial charge < -0.3 is 10.6 Å². The van der Waals surface area contributed by atoms with Crippen LogP contribution < -0.4 is 10.6 Å². The minimum absolute atomic E-state index is 0.460. The van der Waals surface area contributed by atoms with E-state index in [4.69, 9.17) is 5.26 Å². The molecule has 1 atom stereocenters. The summed E-state index contributed by atoms with van der Waals surface area (Å²) in [5.74, 6) is 0.850. The summed E-state index contributed by atoms with van der Waals surface area (Å²) in [7, 11) is 1.82. The monoisotopic (exact) mass is 353 g/mol. The van der Waals surface area contributed by atoms with Gasteiger partial charge in [0.2, 0.25) is 0 Å². The zero-order valence-corrected chi connectivity index (χ0v) is 15.9. The van der Waals surface area contributed by atoms with Gasteiger partial charge in [-0.15, -0.1) is 0 Å². The SMILES string of the molecule is CN=C(NCc1cccc(C#N)c1)NC1CCCN(C2CCCCC2)C1. The summed E-state index contributed by atoms with van der Waals surface area (Å²) in [4.78, 5) is 7.09. The van der Waals surface area contributed by atoms with Crippen LogP contribution in [0.25, 0.3) is 0 Å². The molecule has 1 heterocycles. The van der Waals surface area contributed by atoms with E-state index < -0.39 is 0 Å². The highest BCUT2D eigenvalue weighted by Crippen LogP contribution is 2.25. The standard InChI is InChI=1S/C21H31N5/c1-23-21(24-15-18-8-5-7-17(13-18)14-22)25-19-9-6-12-26(16-19)20-10-3-2-4-11-20/h5,7-8,13,19-20H,2-4,6,9-12,15-16H2,1H3,(H2,23,24,25). The molecule has 5 nitrogen and oxygen atoms in total. The Morgan fingerprint density at radius 2 is 2.08 bits per heavy atom. The number of hydrogen-bond acceptors (Lipinski definition) is 3. The van der Waals surface area contributed by atoms with Gasteiger partial charge in [0.25, 0.3) is 0 Å². The average molecular weight is 354 g/mol. The molecule has 2 fully saturated rings. The fraction of sp³-hybridized carbons (Fsp3) is 0.619. The number of aliphatic imine (C=N–C) groups is 1. The lowest BCUT2D eigenvalue weighted by molar-refractivity contribution is 0.115. The van der Waals surface area contributed by atoms with Gasteiger partial charge in [0, 0.05) is 32.2 Å². The van der Waals surface area contributed by atoms with E-state index in [0.29, 0.717) is 18.2 Å². The summed E-state index contributed by atoms with van der Waals surface area (Å²) in [6.07, 6.45) is 9.40. The molecule has 1 aliphatic heterocycles. The Hall–Kier alpha value is -2.06. The van der Waals surface area contributed by atoms with Crippen molar-refractivity contribution < 1.29 is 0 Å². The molecule has 0 aromatic heterocycles. The van der Waals surface area contributed by atoms with Gasteiger partial charge in [-0.05, 0) is 49.9 Å². The van der Waals surface area contributed by atoms with Crippen molar-refractivity contribution in [3.05, 3.63) is 35.4 Å². The fourth-order valence-corrected chi connectivity index (χ4v) is 4.23. The number of nitrogens with one attached hydrogen (secondary N) is 2. The Kier molecular flexibility index (Phi) is 6.90. The van der Waals surface area contributed by atoms with E-state index in [-0.39, 0.29) is 0 Å². The number of rotatable bonds is 4. The van der Waals surface area contributed by atoms with Crippen molar-refractivity contribution in [3.8, 4) is 6.07 Å². The van der Waals surface area contributed by atoms with Crippen molar-refractivity contribution in [2.24, 2.45) is 4.99 Å². The van der Waals surface area contributed by atoms with E-state index >= 15 is 0 Å². The second-order valence-electron chi connectivity index (χ2n) is 7.51. The van der Waals surface area contributed by atoms with Gasteiger partial charge in [-0.2, -0.15) is 5.26 Å². The van der Waals surface area contributed by atoms with Crippen molar-refractivity contribution in [3.63, 3.8) is 0 Å². The first-order chi connectivity index (χ1) is 12.8. The normalized spacial score (nSPS) is 22.6. The van der Waals surface area contributed by atoms with Crippen molar-refractivity contribution in [1.82, 2.24) is 15.5 Å². The maximum Gasteiger partial charge on any atom is 0.191 e. The third kappa shape index (κ3) is 5.22. The molecule has 1 aromatic rings. The number of nitriles is 1. The van der Waals surface area contributed by atoms with E-state index in [1.54, 1.807) is 0 Å². The van der Waals surface area contributed by atoms with Gasteiger partial charge >= 0.3 is 0 Å². The summed E-state index contributed by atoms with van der Waals surface area (Å²) in [5, 5.41) is 16.0. The smallest absolute Gasteiger partial charge is 0.191 e. The van der Waals surface area contributed by atoms with Crippen LogP contribution in [0.5, 0.6) is 0 Å². The summed E-state index contributed by atoms with van der Waals surface area (Å²) in [6.45, 7) is 3.04. The molecular weight excluding hydrogens is 322 g/mol. The predicted molar refractivity (Wildman–Crippen MR) is 106 cm³/mol. The molecule has 1 saturated heterocycles. The van der Waals surface area contributed by atoms with Crippen LogP contribution in [0, 0.1) is 11.3 Å². The number of benzene rings is 1. The topological polar surface area (TPSA) is 63.5 Å². The molecule has 26 heavy (non-hydrogen) atoms. The van der Waals surface area contributed by atoms with Gasteiger partial charge in [0.15, 0.2) is 5.96 Å². The van der Waals surface area contributed by atoms with Crippen molar-refractivity contribution in [1.29, 1.82) is 5.26 Å². The molecule has 0 radical (unpaired) electrons. The van der Waals surface area contributed by atoms with Gasteiger partial charge in [-0.3, -0.25) is 9.89 Å². The van der Waals surface area contributed by atoms with Gasteiger partial charge in [-0.25, -0.2) is 0 Å². The van der Waals surface area contributed by atoms with Crippen LogP contribution in [0.1, 0.15) is 56.1 Å². The van der Waals surface area contributed by atoms with Crippen molar-refractivity contribution in [2.75, 3.05) is 20.1 Å². The van der Waals surface area contributed by atoms with Crippen LogP contribution in [0.2, 0.25) is 0 Å². The quantitative estimate of drug-likeness (QED) is 0.645. The molecule has 1 saturated carbocycles. The Morgan fingerprint density at radius 1 is 1.23 bits per heavy atom. The molecule has 1 aliphatic carbocycles. The summed E-state index contributed by atoms with van der Waals surface area (Å²) in [6, 6.07) is 11.2. The van der Waals surface area contributed by atoms with Gasteiger partial charge in [0.1, 0.15) is 0 Å². The first kappa shape index (κ1) is 18.7. The summed E-state index contributed by atoms with van der Waals surface area (Å²) >= 11 is 0. The van der Waals surface area contributed by atoms with Crippen LogP contribution in [0.3, 0.4) is 0 Å².